The molecule has 8 nitrogen and oxygen atoms in total. The number of sulfonamides is 1. The van der Waals surface area contributed by atoms with Gasteiger partial charge in [0.05, 0.1) is 24.9 Å². The fraction of sp³-hybridized carbons (Fsp3) is 0.300. The third-order valence-electron chi connectivity index (χ3n) is 4.86. The Kier molecular flexibility index (Phi) is 5.61. The first-order valence-corrected chi connectivity index (χ1v) is 10.9. The quantitative estimate of drug-likeness (QED) is 0.668. The Morgan fingerprint density at radius 2 is 1.90 bits per heavy atom. The summed E-state index contributed by atoms with van der Waals surface area (Å²) in [6.07, 6.45) is 5.04. The standard InChI is InChI=1S/C20H23N5O3S/c1-16(18-5-2-3-6-19(18)25-10-4-9-22-25)23-20-8-7-17(15-21-20)29(26,27)24-11-13-28-14-12-24/h2-10,15-16H,11-14H2,1H3,(H,21,23). The molecular weight excluding hydrogens is 390 g/mol. The lowest BCUT2D eigenvalue weighted by molar-refractivity contribution is 0.0730. The van der Waals surface area contributed by atoms with Crippen LogP contribution < -0.4 is 5.32 Å². The Balaban J connectivity index is 1.51. The topological polar surface area (TPSA) is 89.4 Å². The average molecular weight is 414 g/mol. The number of hydrogen-bond donors (Lipinski definition) is 1. The molecule has 3 heterocycles. The zero-order chi connectivity index (χ0) is 20.3. The molecule has 2 aromatic heterocycles. The highest BCUT2D eigenvalue weighted by molar-refractivity contribution is 7.89. The van der Waals surface area contributed by atoms with E-state index in [0.717, 1.165) is 11.3 Å². The van der Waals surface area contributed by atoms with Gasteiger partial charge < -0.3 is 10.1 Å². The number of hydrogen-bond acceptors (Lipinski definition) is 6. The third kappa shape index (κ3) is 4.16. The van der Waals surface area contributed by atoms with E-state index in [0.29, 0.717) is 32.1 Å². The molecule has 1 saturated heterocycles. The summed E-state index contributed by atoms with van der Waals surface area (Å²) < 4.78 is 33.9. The van der Waals surface area contributed by atoms with Crippen LogP contribution in [0.4, 0.5) is 5.82 Å². The molecule has 0 radical (unpaired) electrons. The monoisotopic (exact) mass is 413 g/mol. The first-order chi connectivity index (χ1) is 14.1. The summed E-state index contributed by atoms with van der Waals surface area (Å²) in [6, 6.07) is 13.1. The van der Waals surface area contributed by atoms with Crippen molar-refractivity contribution in [2.24, 2.45) is 0 Å². The van der Waals surface area contributed by atoms with Crippen molar-refractivity contribution in [2.45, 2.75) is 17.9 Å². The maximum absolute atomic E-state index is 12.7. The Morgan fingerprint density at radius 1 is 1.10 bits per heavy atom. The minimum atomic E-state index is -3.54. The number of anilines is 1. The molecule has 0 saturated carbocycles. The first kappa shape index (κ1) is 19.6. The summed E-state index contributed by atoms with van der Waals surface area (Å²) >= 11 is 0. The normalized spacial score (nSPS) is 16.4. The Bertz CT molecular complexity index is 1050. The van der Waals surface area contributed by atoms with Crippen LogP contribution >= 0.6 is 0 Å². The lowest BCUT2D eigenvalue weighted by Gasteiger charge is -2.26. The molecule has 0 amide bonds. The van der Waals surface area contributed by atoms with Crippen LogP contribution in [0.15, 0.2) is 66.0 Å². The van der Waals surface area contributed by atoms with Gasteiger partial charge in [0.15, 0.2) is 0 Å². The zero-order valence-electron chi connectivity index (χ0n) is 16.1. The Labute approximate surface area is 170 Å². The molecule has 0 aliphatic carbocycles. The number of para-hydroxylation sites is 1. The van der Waals surface area contributed by atoms with Crippen molar-refractivity contribution in [3.05, 3.63) is 66.6 Å². The fourth-order valence-electron chi connectivity index (χ4n) is 3.33. The molecule has 3 aromatic rings. The number of morpholine rings is 1. The molecule has 1 aliphatic heterocycles. The van der Waals surface area contributed by atoms with Crippen LogP contribution in [0.1, 0.15) is 18.5 Å². The van der Waals surface area contributed by atoms with Gasteiger partial charge in [0.2, 0.25) is 10.0 Å². The van der Waals surface area contributed by atoms with Crippen LogP contribution in [0.2, 0.25) is 0 Å². The minimum absolute atomic E-state index is 0.0513. The predicted molar refractivity (Wildman–Crippen MR) is 109 cm³/mol. The third-order valence-corrected chi connectivity index (χ3v) is 6.75. The molecule has 1 aliphatic rings. The number of aromatic nitrogens is 3. The van der Waals surface area contributed by atoms with Crippen molar-refractivity contribution in [3.8, 4) is 5.69 Å². The van der Waals surface area contributed by atoms with E-state index in [4.69, 9.17) is 4.74 Å². The van der Waals surface area contributed by atoms with E-state index in [1.807, 2.05) is 48.1 Å². The molecule has 9 heteroatoms. The average Bonchev–Trinajstić information content (AvgIpc) is 3.29. The summed E-state index contributed by atoms with van der Waals surface area (Å²) in [4.78, 5) is 4.52. The van der Waals surface area contributed by atoms with Gasteiger partial charge in [-0.2, -0.15) is 9.40 Å². The Morgan fingerprint density at radius 3 is 2.59 bits per heavy atom. The molecule has 1 aromatic carbocycles. The summed E-state index contributed by atoms with van der Waals surface area (Å²) in [5, 5.41) is 7.65. The number of nitrogens with zero attached hydrogens (tertiary/aromatic N) is 4. The highest BCUT2D eigenvalue weighted by Gasteiger charge is 2.26. The fourth-order valence-corrected chi connectivity index (χ4v) is 4.68. The maximum Gasteiger partial charge on any atom is 0.244 e. The smallest absolute Gasteiger partial charge is 0.244 e. The van der Waals surface area contributed by atoms with Gasteiger partial charge in [0.25, 0.3) is 0 Å². The maximum atomic E-state index is 12.7. The predicted octanol–water partition coefficient (Wildman–Crippen LogP) is 2.46. The van der Waals surface area contributed by atoms with Crippen LogP contribution in [0.3, 0.4) is 0 Å². The van der Waals surface area contributed by atoms with Crippen LogP contribution in [0.25, 0.3) is 5.69 Å². The molecule has 1 atom stereocenters. The van der Waals surface area contributed by atoms with Crippen molar-refractivity contribution in [1.29, 1.82) is 0 Å². The summed E-state index contributed by atoms with van der Waals surface area (Å²) in [6.45, 7) is 3.59. The minimum Gasteiger partial charge on any atom is -0.379 e. The molecule has 1 N–H and O–H groups in total. The second-order valence-corrected chi connectivity index (χ2v) is 8.71. The zero-order valence-corrected chi connectivity index (χ0v) is 16.9. The number of pyridine rings is 1. The van der Waals surface area contributed by atoms with Gasteiger partial charge in [-0.25, -0.2) is 18.1 Å². The van der Waals surface area contributed by atoms with Crippen LogP contribution in [-0.2, 0) is 14.8 Å². The van der Waals surface area contributed by atoms with Gasteiger partial charge in [-0.1, -0.05) is 18.2 Å². The molecule has 1 unspecified atom stereocenters. The molecule has 0 spiro atoms. The largest absolute Gasteiger partial charge is 0.379 e. The molecule has 29 heavy (non-hydrogen) atoms. The van der Waals surface area contributed by atoms with Crippen molar-refractivity contribution >= 4 is 15.8 Å². The molecule has 152 valence electrons. The summed E-state index contributed by atoms with van der Waals surface area (Å²) in [5.74, 6) is 0.605. The Hall–Kier alpha value is -2.75. The van der Waals surface area contributed by atoms with E-state index in [1.165, 1.54) is 10.5 Å². The molecule has 1 fully saturated rings. The van der Waals surface area contributed by atoms with Crippen LogP contribution in [0.5, 0.6) is 0 Å². The van der Waals surface area contributed by atoms with E-state index in [-0.39, 0.29) is 10.9 Å². The van der Waals surface area contributed by atoms with E-state index >= 15 is 0 Å². The SMILES string of the molecule is CC(Nc1ccc(S(=O)(=O)N2CCOCC2)cn1)c1ccccc1-n1cccn1. The number of nitrogens with one attached hydrogen (secondary N) is 1. The molecular formula is C20H23N5O3S. The lowest BCUT2D eigenvalue weighted by Crippen LogP contribution is -2.40. The van der Waals surface area contributed by atoms with Crippen molar-refractivity contribution in [2.75, 3.05) is 31.6 Å². The van der Waals surface area contributed by atoms with Crippen molar-refractivity contribution < 1.29 is 13.2 Å². The van der Waals surface area contributed by atoms with Gasteiger partial charge in [-0.3, -0.25) is 0 Å². The van der Waals surface area contributed by atoms with Gasteiger partial charge >= 0.3 is 0 Å². The van der Waals surface area contributed by atoms with Crippen molar-refractivity contribution in [1.82, 2.24) is 19.1 Å². The van der Waals surface area contributed by atoms with E-state index < -0.39 is 10.0 Å². The van der Waals surface area contributed by atoms with Crippen molar-refractivity contribution in [3.63, 3.8) is 0 Å². The second kappa shape index (κ2) is 8.32. The number of ether oxygens (including phenoxy) is 1. The van der Waals surface area contributed by atoms with E-state index in [1.54, 1.807) is 18.3 Å². The highest BCUT2D eigenvalue weighted by atomic mass is 32.2. The van der Waals surface area contributed by atoms with E-state index in [9.17, 15) is 8.42 Å². The van der Waals surface area contributed by atoms with Gasteiger partial charge in [0.1, 0.15) is 10.7 Å². The summed E-state index contributed by atoms with van der Waals surface area (Å²) in [5.41, 5.74) is 2.03. The lowest BCUT2D eigenvalue weighted by atomic mass is 10.1. The van der Waals surface area contributed by atoms with Gasteiger partial charge in [0, 0.05) is 31.7 Å². The highest BCUT2D eigenvalue weighted by Crippen LogP contribution is 2.25. The van der Waals surface area contributed by atoms with Gasteiger partial charge in [-0.05, 0) is 36.8 Å². The van der Waals surface area contributed by atoms with Crippen LogP contribution in [-0.4, -0.2) is 53.8 Å². The number of benzene rings is 1. The van der Waals surface area contributed by atoms with E-state index in [2.05, 4.69) is 15.4 Å². The number of rotatable bonds is 6. The van der Waals surface area contributed by atoms with Crippen LogP contribution in [0, 0.1) is 0 Å². The molecule has 4 rings (SSSR count). The first-order valence-electron chi connectivity index (χ1n) is 9.45. The second-order valence-electron chi connectivity index (χ2n) is 6.77. The summed E-state index contributed by atoms with van der Waals surface area (Å²) in [7, 11) is -3.54. The van der Waals surface area contributed by atoms with Gasteiger partial charge in [-0.15, -0.1) is 0 Å². The molecule has 0 bridgehead atoms.